The van der Waals surface area contributed by atoms with Crippen molar-refractivity contribution >= 4 is 23.2 Å². The Morgan fingerprint density at radius 3 is 3.00 bits per heavy atom. The molecule has 0 spiro atoms. The second kappa shape index (κ2) is 5.75. The highest BCUT2D eigenvalue weighted by molar-refractivity contribution is 6.29. The Kier molecular flexibility index (Phi) is 4.06. The molecule has 2 aromatic heterocycles. The van der Waals surface area contributed by atoms with Gasteiger partial charge in [-0.3, -0.25) is 4.79 Å². The van der Waals surface area contributed by atoms with E-state index in [1.165, 1.54) is 12.3 Å². The Bertz CT molecular complexity index is 569. The normalized spacial score (nSPS) is 10.4. The first kappa shape index (κ1) is 13.4. The predicted octanol–water partition coefficient (Wildman–Crippen LogP) is 2.57. The van der Waals surface area contributed by atoms with E-state index in [0.29, 0.717) is 30.1 Å². The molecule has 0 fully saturated rings. The Morgan fingerprint density at radius 2 is 2.37 bits per heavy atom. The Morgan fingerprint density at radius 1 is 1.58 bits per heavy atom. The Labute approximate surface area is 116 Å². The van der Waals surface area contributed by atoms with Crippen molar-refractivity contribution in [2.24, 2.45) is 0 Å². The predicted molar refractivity (Wildman–Crippen MR) is 72.8 cm³/mol. The number of aromatic nitrogens is 1. The first-order chi connectivity index (χ1) is 9.11. The molecule has 0 aliphatic heterocycles. The van der Waals surface area contributed by atoms with Crippen molar-refractivity contribution in [1.29, 1.82) is 0 Å². The molecule has 19 heavy (non-hydrogen) atoms. The molecule has 100 valence electrons. The molecule has 6 heteroatoms. The fourth-order valence-electron chi connectivity index (χ4n) is 1.71. The molecule has 0 bridgehead atoms. The molecule has 5 nitrogen and oxygen atoms in total. The molecule has 0 aliphatic rings. The van der Waals surface area contributed by atoms with Crippen LogP contribution in [-0.4, -0.2) is 22.3 Å². The molecule has 1 amide bonds. The van der Waals surface area contributed by atoms with Gasteiger partial charge in [0.15, 0.2) is 0 Å². The largest absolute Gasteiger partial charge is 0.467 e. The van der Waals surface area contributed by atoms with Crippen molar-refractivity contribution < 1.29 is 9.21 Å². The van der Waals surface area contributed by atoms with Gasteiger partial charge in [-0.2, -0.15) is 0 Å². The van der Waals surface area contributed by atoms with E-state index in [4.69, 9.17) is 21.8 Å². The van der Waals surface area contributed by atoms with Crippen LogP contribution in [0.2, 0.25) is 5.15 Å². The molecule has 2 rings (SSSR count). The summed E-state index contributed by atoms with van der Waals surface area (Å²) in [4.78, 5) is 17.9. The molecule has 2 N–H and O–H groups in total. The highest BCUT2D eigenvalue weighted by Gasteiger charge is 2.18. The number of hydrogen-bond acceptors (Lipinski definition) is 4. The summed E-state index contributed by atoms with van der Waals surface area (Å²) < 4.78 is 5.24. The molecular formula is C13H14ClN3O2. The maximum Gasteiger partial charge on any atom is 0.256 e. The lowest BCUT2D eigenvalue weighted by molar-refractivity contribution is 0.0742. The average Bonchev–Trinajstić information content (AvgIpc) is 2.91. The van der Waals surface area contributed by atoms with Crippen LogP contribution in [0, 0.1) is 0 Å². The van der Waals surface area contributed by atoms with Gasteiger partial charge in [0.1, 0.15) is 10.9 Å². The third-order valence-corrected chi connectivity index (χ3v) is 2.93. The van der Waals surface area contributed by atoms with E-state index in [1.807, 2.05) is 13.0 Å². The molecule has 0 radical (unpaired) electrons. The van der Waals surface area contributed by atoms with Crippen molar-refractivity contribution in [3.8, 4) is 0 Å². The number of carbonyl (C=O) groups excluding carboxylic acids is 1. The molecule has 0 unspecified atom stereocenters. The first-order valence-corrected chi connectivity index (χ1v) is 6.22. The van der Waals surface area contributed by atoms with E-state index in [9.17, 15) is 4.79 Å². The lowest BCUT2D eigenvalue weighted by Crippen LogP contribution is -2.30. The van der Waals surface area contributed by atoms with Gasteiger partial charge in [0.25, 0.3) is 5.91 Å². The number of nitrogens with two attached hydrogens (primary N) is 1. The Balaban J connectivity index is 2.23. The van der Waals surface area contributed by atoms with E-state index in [1.54, 1.807) is 17.2 Å². The maximum absolute atomic E-state index is 12.4. The van der Waals surface area contributed by atoms with Crippen molar-refractivity contribution in [3.05, 3.63) is 47.1 Å². The van der Waals surface area contributed by atoms with Gasteiger partial charge in [0, 0.05) is 6.54 Å². The van der Waals surface area contributed by atoms with Crippen molar-refractivity contribution in [2.75, 3.05) is 12.3 Å². The summed E-state index contributed by atoms with van der Waals surface area (Å²) in [6, 6.07) is 5.08. The zero-order valence-electron chi connectivity index (χ0n) is 10.5. The van der Waals surface area contributed by atoms with Crippen LogP contribution in [0.25, 0.3) is 0 Å². The second-order valence-corrected chi connectivity index (χ2v) is 4.38. The van der Waals surface area contributed by atoms with Gasteiger partial charge in [-0.05, 0) is 25.1 Å². The third kappa shape index (κ3) is 3.06. The van der Waals surface area contributed by atoms with Crippen LogP contribution in [0.5, 0.6) is 0 Å². The number of furan rings is 1. The highest BCUT2D eigenvalue weighted by atomic mass is 35.5. The Hall–Kier alpha value is -2.01. The van der Waals surface area contributed by atoms with Crippen LogP contribution in [0.15, 0.2) is 35.1 Å². The summed E-state index contributed by atoms with van der Waals surface area (Å²) >= 11 is 5.80. The van der Waals surface area contributed by atoms with Gasteiger partial charge in [-0.15, -0.1) is 0 Å². The minimum absolute atomic E-state index is 0.194. The van der Waals surface area contributed by atoms with Gasteiger partial charge >= 0.3 is 0 Å². The zero-order valence-corrected chi connectivity index (χ0v) is 11.2. The number of carbonyl (C=O) groups is 1. The van der Waals surface area contributed by atoms with Crippen LogP contribution >= 0.6 is 11.6 Å². The van der Waals surface area contributed by atoms with Gasteiger partial charge in [-0.25, -0.2) is 4.98 Å². The minimum atomic E-state index is -0.194. The molecular weight excluding hydrogens is 266 g/mol. The first-order valence-electron chi connectivity index (χ1n) is 5.84. The molecule has 2 heterocycles. The smallest absolute Gasteiger partial charge is 0.256 e. The van der Waals surface area contributed by atoms with Crippen LogP contribution in [0.1, 0.15) is 23.0 Å². The standard InChI is InChI=1S/C13H14ClN3O2/c1-2-17(8-9-4-3-5-19-9)13(18)10-6-12(14)16-7-11(10)15/h3-7H,2,8,15H2,1H3. The third-order valence-electron chi connectivity index (χ3n) is 2.73. The fourth-order valence-corrected chi connectivity index (χ4v) is 1.87. The number of hydrogen-bond donors (Lipinski definition) is 1. The van der Waals surface area contributed by atoms with Crippen molar-refractivity contribution in [1.82, 2.24) is 9.88 Å². The summed E-state index contributed by atoms with van der Waals surface area (Å²) in [6.45, 7) is 2.82. The van der Waals surface area contributed by atoms with E-state index < -0.39 is 0 Å². The number of halogens is 1. The summed E-state index contributed by atoms with van der Waals surface area (Å²) in [5.41, 5.74) is 6.43. The van der Waals surface area contributed by atoms with Crippen LogP contribution in [-0.2, 0) is 6.54 Å². The molecule has 0 atom stereocenters. The second-order valence-electron chi connectivity index (χ2n) is 3.99. The van der Waals surface area contributed by atoms with Gasteiger partial charge < -0.3 is 15.1 Å². The summed E-state index contributed by atoms with van der Waals surface area (Å²) in [5.74, 6) is 0.523. The summed E-state index contributed by atoms with van der Waals surface area (Å²) in [6.07, 6.45) is 2.96. The van der Waals surface area contributed by atoms with E-state index in [-0.39, 0.29) is 11.1 Å². The van der Waals surface area contributed by atoms with E-state index in [2.05, 4.69) is 4.98 Å². The van der Waals surface area contributed by atoms with Gasteiger partial charge in [0.05, 0.1) is 30.3 Å². The van der Waals surface area contributed by atoms with Gasteiger partial charge in [-0.1, -0.05) is 11.6 Å². The maximum atomic E-state index is 12.4. The molecule has 0 saturated heterocycles. The van der Waals surface area contributed by atoms with E-state index in [0.717, 1.165) is 0 Å². The quantitative estimate of drug-likeness (QED) is 0.873. The van der Waals surface area contributed by atoms with E-state index >= 15 is 0 Å². The average molecular weight is 280 g/mol. The zero-order chi connectivity index (χ0) is 13.8. The molecule has 0 aromatic carbocycles. The number of rotatable bonds is 4. The van der Waals surface area contributed by atoms with Crippen LogP contribution in [0.4, 0.5) is 5.69 Å². The van der Waals surface area contributed by atoms with Crippen molar-refractivity contribution in [3.63, 3.8) is 0 Å². The summed E-state index contributed by atoms with van der Waals surface area (Å²) in [5, 5.41) is 0.242. The SMILES string of the molecule is CCN(Cc1ccco1)C(=O)c1cc(Cl)ncc1N. The van der Waals surface area contributed by atoms with Crippen LogP contribution < -0.4 is 5.73 Å². The number of amides is 1. The van der Waals surface area contributed by atoms with Crippen LogP contribution in [0.3, 0.4) is 0 Å². The topological polar surface area (TPSA) is 72.4 Å². The number of nitrogens with zero attached hydrogens (tertiary/aromatic N) is 2. The lowest BCUT2D eigenvalue weighted by atomic mass is 10.2. The monoisotopic (exact) mass is 279 g/mol. The van der Waals surface area contributed by atoms with Gasteiger partial charge in [0.2, 0.25) is 0 Å². The number of nitrogen functional groups attached to an aromatic ring is 1. The number of anilines is 1. The minimum Gasteiger partial charge on any atom is -0.467 e. The van der Waals surface area contributed by atoms with Crippen molar-refractivity contribution in [2.45, 2.75) is 13.5 Å². The molecule has 2 aromatic rings. The molecule has 0 saturated carbocycles. The summed E-state index contributed by atoms with van der Waals surface area (Å²) in [7, 11) is 0. The molecule has 0 aliphatic carbocycles. The lowest BCUT2D eigenvalue weighted by Gasteiger charge is -2.20. The highest BCUT2D eigenvalue weighted by Crippen LogP contribution is 2.18. The fraction of sp³-hybridized carbons (Fsp3) is 0.231. The number of pyridine rings is 1.